The summed E-state index contributed by atoms with van der Waals surface area (Å²) in [5, 5.41) is 4.88. The van der Waals surface area contributed by atoms with Crippen LogP contribution in [0.15, 0.2) is 23.3 Å². The van der Waals surface area contributed by atoms with Gasteiger partial charge >= 0.3 is 0 Å². The van der Waals surface area contributed by atoms with Crippen molar-refractivity contribution in [1.82, 2.24) is 5.43 Å². The maximum atomic E-state index is 11.8. The summed E-state index contributed by atoms with van der Waals surface area (Å²) in [4.78, 5) is 11.8. The van der Waals surface area contributed by atoms with Crippen LogP contribution in [0.4, 0.5) is 0 Å². The standard InChI is InChI=1S/C16H21ClN2O2/c1-11-5-3-4-6-14(11)18-19-16(20)10-21-15-8-7-13(17)9-12(15)2/h7-9,11H,3-6,10H2,1-2H3,(H,19,20)/b18-14+. The van der Waals surface area contributed by atoms with Crippen molar-refractivity contribution in [3.8, 4) is 5.75 Å². The van der Waals surface area contributed by atoms with Crippen LogP contribution in [0.3, 0.4) is 0 Å². The maximum Gasteiger partial charge on any atom is 0.277 e. The molecule has 5 heteroatoms. The van der Waals surface area contributed by atoms with E-state index in [1.807, 2.05) is 6.92 Å². The summed E-state index contributed by atoms with van der Waals surface area (Å²) in [5.41, 5.74) is 4.57. The zero-order valence-electron chi connectivity index (χ0n) is 12.5. The van der Waals surface area contributed by atoms with Gasteiger partial charge in [0.05, 0.1) is 0 Å². The number of nitrogens with zero attached hydrogens (tertiary/aromatic N) is 1. The third-order valence-electron chi connectivity index (χ3n) is 3.71. The summed E-state index contributed by atoms with van der Waals surface area (Å²) in [7, 11) is 0. The molecule has 1 unspecified atom stereocenters. The molecular weight excluding hydrogens is 288 g/mol. The molecule has 2 rings (SSSR count). The van der Waals surface area contributed by atoms with Crippen LogP contribution in [0.5, 0.6) is 5.75 Å². The highest BCUT2D eigenvalue weighted by Gasteiger charge is 2.16. The lowest BCUT2D eigenvalue weighted by atomic mass is 9.89. The molecule has 114 valence electrons. The van der Waals surface area contributed by atoms with Crippen molar-refractivity contribution in [3.05, 3.63) is 28.8 Å². The average Bonchev–Trinajstić information content (AvgIpc) is 2.45. The van der Waals surface area contributed by atoms with Crippen molar-refractivity contribution in [2.24, 2.45) is 11.0 Å². The Morgan fingerprint density at radius 2 is 2.29 bits per heavy atom. The first-order valence-corrected chi connectivity index (χ1v) is 7.68. The van der Waals surface area contributed by atoms with Crippen molar-refractivity contribution in [2.45, 2.75) is 39.5 Å². The second-order valence-corrected chi connectivity index (χ2v) is 5.92. The third kappa shape index (κ3) is 4.74. The number of nitrogens with one attached hydrogen (secondary N) is 1. The predicted molar refractivity (Wildman–Crippen MR) is 84.9 cm³/mol. The number of halogens is 1. The zero-order valence-corrected chi connectivity index (χ0v) is 13.2. The Kier molecular flexibility index (Phi) is 5.62. The van der Waals surface area contributed by atoms with E-state index in [4.69, 9.17) is 16.3 Å². The minimum atomic E-state index is -0.241. The summed E-state index contributed by atoms with van der Waals surface area (Å²) in [6, 6.07) is 5.31. The normalized spacial score (nSPS) is 20.3. The molecule has 0 aliphatic heterocycles. The SMILES string of the molecule is Cc1cc(Cl)ccc1OCC(=O)N/N=C1\CCCCC1C. The molecule has 1 saturated carbocycles. The minimum absolute atomic E-state index is 0.0480. The first-order valence-electron chi connectivity index (χ1n) is 7.30. The molecule has 21 heavy (non-hydrogen) atoms. The smallest absolute Gasteiger partial charge is 0.277 e. The second kappa shape index (κ2) is 7.46. The van der Waals surface area contributed by atoms with Gasteiger partial charge in [0, 0.05) is 10.7 Å². The van der Waals surface area contributed by atoms with Crippen LogP contribution in [0.2, 0.25) is 5.02 Å². The second-order valence-electron chi connectivity index (χ2n) is 5.48. The molecule has 1 aliphatic rings. The van der Waals surface area contributed by atoms with E-state index in [-0.39, 0.29) is 12.5 Å². The zero-order chi connectivity index (χ0) is 15.2. The van der Waals surface area contributed by atoms with Crippen molar-refractivity contribution >= 4 is 23.2 Å². The van der Waals surface area contributed by atoms with Crippen molar-refractivity contribution in [1.29, 1.82) is 0 Å². The molecule has 0 bridgehead atoms. The van der Waals surface area contributed by atoms with Crippen LogP contribution in [-0.2, 0) is 4.79 Å². The van der Waals surface area contributed by atoms with Crippen molar-refractivity contribution in [3.63, 3.8) is 0 Å². The van der Waals surface area contributed by atoms with Gasteiger partial charge in [0.25, 0.3) is 5.91 Å². The van der Waals surface area contributed by atoms with E-state index in [1.165, 1.54) is 6.42 Å². The highest BCUT2D eigenvalue weighted by atomic mass is 35.5. The number of ether oxygens (including phenoxy) is 1. The molecule has 0 radical (unpaired) electrons. The molecule has 0 spiro atoms. The quantitative estimate of drug-likeness (QED) is 0.862. The molecule has 1 aliphatic carbocycles. The van der Waals surface area contributed by atoms with Crippen molar-refractivity contribution in [2.75, 3.05) is 6.61 Å². The summed E-state index contributed by atoms with van der Waals surface area (Å²) < 4.78 is 5.48. The fourth-order valence-electron chi connectivity index (χ4n) is 2.42. The van der Waals surface area contributed by atoms with Crippen LogP contribution >= 0.6 is 11.6 Å². The van der Waals surface area contributed by atoms with Gasteiger partial charge in [0.2, 0.25) is 0 Å². The van der Waals surface area contributed by atoms with Gasteiger partial charge in [-0.05, 0) is 55.9 Å². The fraction of sp³-hybridized carbons (Fsp3) is 0.500. The van der Waals surface area contributed by atoms with Gasteiger partial charge in [-0.2, -0.15) is 5.10 Å². The number of carbonyl (C=O) groups excluding carboxylic acids is 1. The van der Waals surface area contributed by atoms with Gasteiger partial charge in [-0.25, -0.2) is 5.43 Å². The Hall–Kier alpha value is -1.55. The predicted octanol–water partition coefficient (Wildman–Crippen LogP) is 3.71. The molecule has 1 aromatic rings. The molecule has 1 N–H and O–H groups in total. The van der Waals surface area contributed by atoms with E-state index in [1.54, 1.807) is 18.2 Å². The molecule has 1 aromatic carbocycles. The Labute approximate surface area is 130 Å². The van der Waals surface area contributed by atoms with Crippen LogP contribution in [0, 0.1) is 12.8 Å². The number of benzene rings is 1. The summed E-state index contributed by atoms with van der Waals surface area (Å²) in [5.74, 6) is 0.876. The lowest BCUT2D eigenvalue weighted by molar-refractivity contribution is -0.123. The first-order chi connectivity index (χ1) is 10.1. The monoisotopic (exact) mass is 308 g/mol. The number of aryl methyl sites for hydroxylation is 1. The number of carbonyl (C=O) groups is 1. The summed E-state index contributed by atoms with van der Waals surface area (Å²) in [6.45, 7) is 3.99. The first kappa shape index (κ1) is 15.8. The third-order valence-corrected chi connectivity index (χ3v) is 3.94. The van der Waals surface area contributed by atoms with Gasteiger partial charge in [-0.3, -0.25) is 4.79 Å². The van der Waals surface area contributed by atoms with Gasteiger partial charge in [-0.1, -0.05) is 24.9 Å². The average molecular weight is 309 g/mol. The fourth-order valence-corrected chi connectivity index (χ4v) is 2.65. The largest absolute Gasteiger partial charge is 0.483 e. The van der Waals surface area contributed by atoms with Gasteiger partial charge < -0.3 is 4.74 Å². The molecule has 0 saturated heterocycles. The lowest BCUT2D eigenvalue weighted by Crippen LogP contribution is -2.28. The van der Waals surface area contributed by atoms with E-state index >= 15 is 0 Å². The maximum absolute atomic E-state index is 11.8. The number of hydrogen-bond acceptors (Lipinski definition) is 3. The number of amides is 1. The van der Waals surface area contributed by atoms with E-state index < -0.39 is 0 Å². The molecule has 1 fully saturated rings. The molecule has 0 aromatic heterocycles. The Bertz CT molecular complexity index is 543. The Morgan fingerprint density at radius 3 is 3.00 bits per heavy atom. The van der Waals surface area contributed by atoms with Crippen LogP contribution in [0.25, 0.3) is 0 Å². The number of hydrogen-bond donors (Lipinski definition) is 1. The van der Waals surface area contributed by atoms with E-state index in [0.29, 0.717) is 16.7 Å². The highest BCUT2D eigenvalue weighted by molar-refractivity contribution is 6.30. The Balaban J connectivity index is 1.83. The Morgan fingerprint density at radius 1 is 1.48 bits per heavy atom. The molecular formula is C16H21ClN2O2. The van der Waals surface area contributed by atoms with E-state index in [0.717, 1.165) is 30.5 Å². The van der Waals surface area contributed by atoms with Crippen LogP contribution in [0.1, 0.15) is 38.2 Å². The van der Waals surface area contributed by atoms with Crippen LogP contribution in [-0.4, -0.2) is 18.2 Å². The van der Waals surface area contributed by atoms with Gasteiger partial charge in [0.1, 0.15) is 5.75 Å². The molecule has 4 nitrogen and oxygen atoms in total. The topological polar surface area (TPSA) is 50.7 Å². The van der Waals surface area contributed by atoms with Gasteiger partial charge in [-0.15, -0.1) is 0 Å². The molecule has 0 heterocycles. The lowest BCUT2D eigenvalue weighted by Gasteiger charge is -2.19. The number of rotatable bonds is 4. The van der Waals surface area contributed by atoms with Gasteiger partial charge in [0.15, 0.2) is 6.61 Å². The van der Waals surface area contributed by atoms with Crippen LogP contribution < -0.4 is 10.2 Å². The summed E-state index contributed by atoms with van der Waals surface area (Å²) >= 11 is 5.88. The minimum Gasteiger partial charge on any atom is -0.483 e. The highest BCUT2D eigenvalue weighted by Crippen LogP contribution is 2.22. The van der Waals surface area contributed by atoms with E-state index in [9.17, 15) is 4.79 Å². The van der Waals surface area contributed by atoms with Crippen molar-refractivity contribution < 1.29 is 9.53 Å². The number of hydrazone groups is 1. The molecule has 1 amide bonds. The molecule has 1 atom stereocenters. The van der Waals surface area contributed by atoms with E-state index in [2.05, 4.69) is 17.5 Å². The summed E-state index contributed by atoms with van der Waals surface area (Å²) in [6.07, 6.45) is 4.51.